The Labute approximate surface area is 139 Å². The van der Waals surface area contributed by atoms with E-state index in [0.29, 0.717) is 17.2 Å². The lowest BCUT2D eigenvalue weighted by atomic mass is 9.96. The van der Waals surface area contributed by atoms with Crippen molar-refractivity contribution in [1.82, 2.24) is 0 Å². The Balaban J connectivity index is 2.32. The third kappa shape index (κ3) is 3.69. The Morgan fingerprint density at radius 3 is 2.68 bits per heavy atom. The summed E-state index contributed by atoms with van der Waals surface area (Å²) < 4.78 is 6.12. The van der Waals surface area contributed by atoms with E-state index in [9.17, 15) is 4.79 Å². The molecule has 22 heavy (non-hydrogen) atoms. The van der Waals surface area contributed by atoms with Crippen LogP contribution < -0.4 is 10.1 Å². The highest BCUT2D eigenvalue weighted by molar-refractivity contribution is 9.10. The number of ether oxygens (including phenoxy) is 1. The Kier molecular flexibility index (Phi) is 5.61. The Morgan fingerprint density at radius 2 is 2.00 bits per heavy atom. The van der Waals surface area contributed by atoms with Crippen LogP contribution in [-0.4, -0.2) is 13.0 Å². The molecule has 0 aliphatic rings. The molecule has 0 bridgehead atoms. The zero-order valence-corrected chi connectivity index (χ0v) is 14.6. The lowest BCUT2D eigenvalue weighted by Crippen LogP contribution is -2.15. The largest absolute Gasteiger partial charge is 0.496 e. The van der Waals surface area contributed by atoms with E-state index >= 15 is 0 Å². The normalized spacial score (nSPS) is 11.8. The van der Waals surface area contributed by atoms with Crippen molar-refractivity contribution < 1.29 is 9.53 Å². The molecule has 3 nitrogen and oxygen atoms in total. The average molecular weight is 362 g/mol. The van der Waals surface area contributed by atoms with Crippen molar-refractivity contribution >= 4 is 27.5 Å². The van der Waals surface area contributed by atoms with Gasteiger partial charge < -0.3 is 10.1 Å². The van der Waals surface area contributed by atoms with Crippen LogP contribution in [0.5, 0.6) is 5.75 Å². The van der Waals surface area contributed by atoms with E-state index in [1.165, 1.54) is 0 Å². The monoisotopic (exact) mass is 361 g/mol. The highest BCUT2D eigenvalue weighted by atomic mass is 79.9. The third-order valence-electron chi connectivity index (χ3n) is 3.76. The van der Waals surface area contributed by atoms with Gasteiger partial charge in [-0.05, 0) is 42.2 Å². The van der Waals surface area contributed by atoms with E-state index in [4.69, 9.17) is 4.74 Å². The van der Waals surface area contributed by atoms with Crippen LogP contribution in [-0.2, 0) is 0 Å². The molecule has 0 spiro atoms. The van der Waals surface area contributed by atoms with Crippen molar-refractivity contribution in [1.29, 1.82) is 0 Å². The standard InChI is InChI=1S/C18H20BrNO2/c1-4-12(2)14-7-5-6-8-16(14)20-18(21)15-11-13(19)9-10-17(15)22-3/h5-12H,4H2,1-3H3,(H,20,21)/t12-/m0/s1. The van der Waals surface area contributed by atoms with Crippen molar-refractivity contribution in [2.75, 3.05) is 12.4 Å². The van der Waals surface area contributed by atoms with Gasteiger partial charge in [0.1, 0.15) is 5.75 Å². The molecule has 116 valence electrons. The van der Waals surface area contributed by atoms with Crippen molar-refractivity contribution in [3.63, 3.8) is 0 Å². The molecular formula is C18H20BrNO2. The molecule has 4 heteroatoms. The molecule has 1 atom stereocenters. The predicted octanol–water partition coefficient (Wildman–Crippen LogP) is 5.22. The molecule has 0 aliphatic heterocycles. The summed E-state index contributed by atoms with van der Waals surface area (Å²) in [4.78, 5) is 12.6. The van der Waals surface area contributed by atoms with Crippen molar-refractivity contribution in [2.45, 2.75) is 26.2 Å². The first-order valence-corrected chi connectivity index (χ1v) is 8.10. The fourth-order valence-electron chi connectivity index (χ4n) is 2.31. The van der Waals surface area contributed by atoms with Gasteiger partial charge in [-0.25, -0.2) is 0 Å². The number of benzene rings is 2. The second-order valence-electron chi connectivity index (χ2n) is 5.20. The quantitative estimate of drug-likeness (QED) is 0.792. The summed E-state index contributed by atoms with van der Waals surface area (Å²) in [6, 6.07) is 13.3. The first kappa shape index (κ1) is 16.6. The Bertz CT molecular complexity index is 670. The van der Waals surface area contributed by atoms with Crippen molar-refractivity contribution in [3.8, 4) is 5.75 Å². The number of carbonyl (C=O) groups excluding carboxylic acids is 1. The number of hydrogen-bond donors (Lipinski definition) is 1. The summed E-state index contributed by atoms with van der Waals surface area (Å²) in [5, 5.41) is 3.00. The molecule has 0 saturated carbocycles. The first-order valence-electron chi connectivity index (χ1n) is 7.30. The number of hydrogen-bond acceptors (Lipinski definition) is 2. The minimum Gasteiger partial charge on any atom is -0.496 e. The molecule has 2 aromatic rings. The molecule has 1 N–H and O–H groups in total. The van der Waals surface area contributed by atoms with Gasteiger partial charge in [-0.1, -0.05) is 48.0 Å². The highest BCUT2D eigenvalue weighted by Gasteiger charge is 2.16. The van der Waals surface area contributed by atoms with Gasteiger partial charge in [-0.3, -0.25) is 4.79 Å². The maximum Gasteiger partial charge on any atom is 0.259 e. The van der Waals surface area contributed by atoms with Gasteiger partial charge in [0.05, 0.1) is 12.7 Å². The molecule has 0 saturated heterocycles. The van der Waals surface area contributed by atoms with Gasteiger partial charge in [-0.2, -0.15) is 0 Å². The molecule has 0 fully saturated rings. The summed E-state index contributed by atoms with van der Waals surface area (Å²) in [5.74, 6) is 0.775. The fourth-order valence-corrected chi connectivity index (χ4v) is 2.67. The second-order valence-corrected chi connectivity index (χ2v) is 6.11. The van der Waals surface area contributed by atoms with E-state index in [2.05, 4.69) is 41.2 Å². The smallest absolute Gasteiger partial charge is 0.259 e. The Hall–Kier alpha value is -1.81. The van der Waals surface area contributed by atoms with E-state index in [0.717, 1.165) is 22.1 Å². The number of methoxy groups -OCH3 is 1. The molecule has 2 aromatic carbocycles. The van der Waals surface area contributed by atoms with Crippen LogP contribution in [0.1, 0.15) is 42.1 Å². The van der Waals surface area contributed by atoms with Gasteiger partial charge in [0, 0.05) is 10.2 Å². The van der Waals surface area contributed by atoms with E-state index < -0.39 is 0 Å². The molecule has 1 amide bonds. The number of carbonyl (C=O) groups is 1. The minimum atomic E-state index is -0.172. The summed E-state index contributed by atoms with van der Waals surface area (Å²) in [6.07, 6.45) is 1.02. The molecule has 0 aromatic heterocycles. The fraction of sp³-hybridized carbons (Fsp3) is 0.278. The summed E-state index contributed by atoms with van der Waals surface area (Å²) in [6.45, 7) is 4.30. The number of rotatable bonds is 5. The number of para-hydroxylation sites is 1. The van der Waals surface area contributed by atoms with Gasteiger partial charge in [0.25, 0.3) is 5.91 Å². The van der Waals surface area contributed by atoms with Gasteiger partial charge in [-0.15, -0.1) is 0 Å². The highest BCUT2D eigenvalue weighted by Crippen LogP contribution is 2.28. The average Bonchev–Trinajstić information content (AvgIpc) is 2.54. The van der Waals surface area contributed by atoms with Crippen LogP contribution in [0.25, 0.3) is 0 Å². The number of amides is 1. The van der Waals surface area contributed by atoms with Gasteiger partial charge >= 0.3 is 0 Å². The van der Waals surface area contributed by atoms with Crippen LogP contribution in [0.15, 0.2) is 46.9 Å². The lowest BCUT2D eigenvalue weighted by molar-refractivity contribution is 0.102. The molecule has 0 radical (unpaired) electrons. The predicted molar refractivity (Wildman–Crippen MR) is 93.8 cm³/mol. The van der Waals surface area contributed by atoms with Crippen LogP contribution in [0.2, 0.25) is 0 Å². The topological polar surface area (TPSA) is 38.3 Å². The zero-order chi connectivity index (χ0) is 16.1. The summed E-state index contributed by atoms with van der Waals surface area (Å²) in [5.41, 5.74) is 2.51. The molecule has 0 aliphatic carbocycles. The van der Waals surface area contributed by atoms with Crippen LogP contribution in [0, 0.1) is 0 Å². The van der Waals surface area contributed by atoms with Crippen LogP contribution in [0.4, 0.5) is 5.69 Å². The number of nitrogens with one attached hydrogen (secondary N) is 1. The maximum absolute atomic E-state index is 12.6. The van der Waals surface area contributed by atoms with Crippen LogP contribution in [0.3, 0.4) is 0 Å². The van der Waals surface area contributed by atoms with E-state index in [1.807, 2.05) is 24.3 Å². The SMILES string of the molecule is CC[C@H](C)c1ccccc1NC(=O)c1cc(Br)ccc1OC. The molecule has 0 heterocycles. The van der Waals surface area contributed by atoms with E-state index in [-0.39, 0.29) is 5.91 Å². The number of halogens is 1. The molecular weight excluding hydrogens is 342 g/mol. The Morgan fingerprint density at radius 1 is 1.27 bits per heavy atom. The second kappa shape index (κ2) is 7.45. The van der Waals surface area contributed by atoms with Crippen molar-refractivity contribution in [2.24, 2.45) is 0 Å². The minimum absolute atomic E-state index is 0.172. The first-order chi connectivity index (χ1) is 10.6. The third-order valence-corrected chi connectivity index (χ3v) is 4.25. The van der Waals surface area contributed by atoms with E-state index in [1.54, 1.807) is 19.2 Å². The van der Waals surface area contributed by atoms with Crippen molar-refractivity contribution in [3.05, 3.63) is 58.1 Å². The lowest BCUT2D eigenvalue weighted by Gasteiger charge is -2.16. The summed E-state index contributed by atoms with van der Waals surface area (Å²) >= 11 is 3.39. The van der Waals surface area contributed by atoms with Crippen LogP contribution >= 0.6 is 15.9 Å². The van der Waals surface area contributed by atoms with Gasteiger partial charge in [0.2, 0.25) is 0 Å². The summed E-state index contributed by atoms with van der Waals surface area (Å²) in [7, 11) is 1.56. The molecule has 2 rings (SSSR count). The zero-order valence-electron chi connectivity index (χ0n) is 13.0. The number of anilines is 1. The maximum atomic E-state index is 12.6. The molecule has 0 unspecified atom stereocenters. The van der Waals surface area contributed by atoms with Gasteiger partial charge in [0.15, 0.2) is 0 Å².